The average molecular weight is 799 g/mol. The summed E-state index contributed by atoms with van der Waals surface area (Å²) in [5, 5.41) is 49.1. The molecule has 0 spiro atoms. The van der Waals surface area contributed by atoms with Gasteiger partial charge in [0.2, 0.25) is 11.8 Å². The average Bonchev–Trinajstić information content (AvgIpc) is 3.56. The molecule has 0 aliphatic rings. The van der Waals surface area contributed by atoms with E-state index in [1.165, 1.54) is 33.9 Å². The second kappa shape index (κ2) is 17.2. The molecule has 0 unspecified atom stereocenters. The van der Waals surface area contributed by atoms with Crippen LogP contribution < -0.4 is 0 Å². The summed E-state index contributed by atoms with van der Waals surface area (Å²) >= 11 is 11.9. The number of aromatic carboxylic acids is 2. The fourth-order valence-electron chi connectivity index (χ4n) is 5.25. The molecule has 6 rings (SSSR count). The summed E-state index contributed by atoms with van der Waals surface area (Å²) in [5.41, 5.74) is 5.20. The van der Waals surface area contributed by atoms with Crippen molar-refractivity contribution in [1.82, 2.24) is 19.6 Å². The van der Waals surface area contributed by atoms with Crippen molar-refractivity contribution >= 4 is 58.9 Å². The van der Waals surface area contributed by atoms with E-state index in [-0.39, 0.29) is 51.0 Å². The molecule has 0 aliphatic heterocycles. The minimum atomic E-state index is -1.12. The molecule has 12 nitrogen and oxygen atoms in total. The Kier molecular flexibility index (Phi) is 13.0. The van der Waals surface area contributed by atoms with Crippen LogP contribution in [0.4, 0.5) is 11.4 Å². The second-order valence-corrected chi connectivity index (χ2v) is 12.4. The maximum absolute atomic E-state index is 11.5. The van der Waals surface area contributed by atoms with E-state index < -0.39 is 11.9 Å². The molecule has 2 aromatic heterocycles. The molecule has 6 aromatic rings. The van der Waals surface area contributed by atoms with E-state index >= 15 is 0 Å². The summed E-state index contributed by atoms with van der Waals surface area (Å²) in [6.45, 7) is 6.94. The number of carbonyl (C=O) groups is 2. The van der Waals surface area contributed by atoms with Crippen LogP contribution in [0.1, 0.15) is 54.4 Å². The Morgan fingerprint density at radius 2 is 0.962 bits per heavy atom. The standard InChI is InChI=1S/2C19H16ClN3O3.Co/c2*1-11-8-13(20)9-15(19(25)26)17(11)21-10-16-12(2)22-23(18(16)24)14-6-4-3-5-7-14;/h2*3-10,24H,1-2H3,(H,25,26);. The van der Waals surface area contributed by atoms with Crippen LogP contribution in [0, 0.1) is 27.7 Å². The molecule has 53 heavy (non-hydrogen) atoms. The Morgan fingerprint density at radius 1 is 0.623 bits per heavy atom. The van der Waals surface area contributed by atoms with Gasteiger partial charge in [-0.15, -0.1) is 0 Å². The number of benzene rings is 4. The van der Waals surface area contributed by atoms with Crippen molar-refractivity contribution in [2.45, 2.75) is 27.7 Å². The molecule has 1 radical (unpaired) electrons. The van der Waals surface area contributed by atoms with E-state index in [9.17, 15) is 30.0 Å². The Hall–Kier alpha value is -5.73. The third kappa shape index (κ3) is 9.02. The van der Waals surface area contributed by atoms with Gasteiger partial charge in [0, 0.05) is 39.3 Å². The van der Waals surface area contributed by atoms with E-state index in [0.717, 1.165) is 0 Å². The van der Waals surface area contributed by atoms with Gasteiger partial charge in [-0.2, -0.15) is 10.2 Å². The quantitative estimate of drug-likeness (QED) is 0.111. The zero-order valence-corrected chi connectivity index (χ0v) is 31.2. The summed E-state index contributed by atoms with van der Waals surface area (Å²) in [5.74, 6) is -2.38. The molecule has 0 aliphatic carbocycles. The molecule has 0 atom stereocenters. The zero-order chi connectivity index (χ0) is 37.7. The van der Waals surface area contributed by atoms with Crippen molar-refractivity contribution in [2.75, 3.05) is 0 Å². The summed E-state index contributed by atoms with van der Waals surface area (Å²) < 4.78 is 2.81. The number of aryl methyl sites for hydroxylation is 4. The largest absolute Gasteiger partial charge is 0.493 e. The van der Waals surface area contributed by atoms with Crippen LogP contribution in [0.25, 0.3) is 11.4 Å². The maximum Gasteiger partial charge on any atom is 0.337 e. The number of aromatic nitrogens is 4. The molecule has 273 valence electrons. The zero-order valence-electron chi connectivity index (χ0n) is 28.6. The fraction of sp³-hybridized carbons (Fsp3) is 0.105. The van der Waals surface area contributed by atoms with Crippen molar-refractivity contribution in [2.24, 2.45) is 9.98 Å². The van der Waals surface area contributed by atoms with Gasteiger partial charge in [-0.1, -0.05) is 59.6 Å². The first-order valence-electron chi connectivity index (χ1n) is 15.6. The second-order valence-electron chi connectivity index (χ2n) is 11.5. The number of carboxylic acids is 2. The minimum absolute atomic E-state index is 0. The molecule has 2 heterocycles. The molecule has 4 N–H and O–H groups in total. The topological polar surface area (TPSA) is 175 Å². The van der Waals surface area contributed by atoms with Crippen LogP contribution in [0.15, 0.2) is 94.9 Å². The van der Waals surface area contributed by atoms with Crippen molar-refractivity contribution in [3.05, 3.63) is 140 Å². The Labute approximate surface area is 324 Å². The molecular formula is C38H32Cl2CoN6O6. The first-order valence-corrected chi connectivity index (χ1v) is 16.3. The van der Waals surface area contributed by atoms with Gasteiger partial charge in [-0.3, -0.25) is 9.98 Å². The van der Waals surface area contributed by atoms with Crippen LogP contribution in [0.2, 0.25) is 10.0 Å². The van der Waals surface area contributed by atoms with E-state index in [1.807, 2.05) is 60.7 Å². The van der Waals surface area contributed by atoms with Crippen LogP contribution in [-0.4, -0.2) is 64.4 Å². The summed E-state index contributed by atoms with van der Waals surface area (Å²) in [7, 11) is 0. The number of para-hydroxylation sites is 2. The van der Waals surface area contributed by atoms with Gasteiger partial charge in [0.25, 0.3) is 0 Å². The van der Waals surface area contributed by atoms with Gasteiger partial charge in [0.15, 0.2) is 0 Å². The third-order valence-electron chi connectivity index (χ3n) is 7.80. The van der Waals surface area contributed by atoms with Gasteiger partial charge in [0.1, 0.15) is 0 Å². The number of halogens is 2. The van der Waals surface area contributed by atoms with Gasteiger partial charge in [-0.05, 0) is 87.4 Å². The summed E-state index contributed by atoms with van der Waals surface area (Å²) in [4.78, 5) is 31.5. The number of rotatable bonds is 8. The monoisotopic (exact) mass is 797 g/mol. The van der Waals surface area contributed by atoms with Crippen LogP contribution in [0.5, 0.6) is 11.8 Å². The number of nitrogens with zero attached hydrogens (tertiary/aromatic N) is 6. The van der Waals surface area contributed by atoms with Crippen molar-refractivity contribution in [1.29, 1.82) is 0 Å². The van der Waals surface area contributed by atoms with Gasteiger partial charge < -0.3 is 20.4 Å². The van der Waals surface area contributed by atoms with Crippen molar-refractivity contribution in [3.63, 3.8) is 0 Å². The number of aliphatic imine (C=N–C) groups is 2. The normalized spacial score (nSPS) is 11.0. The number of hydrogen-bond donors (Lipinski definition) is 4. The van der Waals surface area contributed by atoms with Gasteiger partial charge >= 0.3 is 11.9 Å². The van der Waals surface area contributed by atoms with E-state index in [4.69, 9.17) is 23.2 Å². The molecular weight excluding hydrogens is 766 g/mol. The Bertz CT molecular complexity index is 2190. The van der Waals surface area contributed by atoms with E-state index in [0.29, 0.717) is 55.1 Å². The first kappa shape index (κ1) is 40.0. The number of aromatic hydroxyl groups is 2. The molecule has 0 bridgehead atoms. The predicted molar refractivity (Wildman–Crippen MR) is 201 cm³/mol. The first-order chi connectivity index (χ1) is 24.8. The van der Waals surface area contributed by atoms with Crippen molar-refractivity contribution < 1.29 is 46.8 Å². The number of hydrogen-bond acceptors (Lipinski definition) is 8. The molecule has 4 aromatic carbocycles. The molecule has 0 fully saturated rings. The number of carboxylic acid groups (broad SMARTS) is 2. The molecule has 0 saturated carbocycles. The van der Waals surface area contributed by atoms with Crippen LogP contribution in [0.3, 0.4) is 0 Å². The van der Waals surface area contributed by atoms with Gasteiger partial charge in [-0.25, -0.2) is 19.0 Å². The summed E-state index contributed by atoms with van der Waals surface area (Å²) in [6, 6.07) is 24.4. The summed E-state index contributed by atoms with van der Waals surface area (Å²) in [6.07, 6.45) is 2.83. The SMILES string of the molecule is Cc1cc(Cl)cc(C(=O)O)c1N=Cc1c(C)nn(-c2ccccc2)c1O.Cc1cc(Cl)cc(C(=O)O)c1N=Cc1c(C)nn(-c2ccccc2)c1O.[Co]. The van der Waals surface area contributed by atoms with Crippen LogP contribution >= 0.6 is 23.2 Å². The van der Waals surface area contributed by atoms with E-state index in [1.54, 1.807) is 39.8 Å². The van der Waals surface area contributed by atoms with Crippen LogP contribution in [-0.2, 0) is 16.8 Å². The molecule has 15 heteroatoms. The van der Waals surface area contributed by atoms with E-state index in [2.05, 4.69) is 20.2 Å². The van der Waals surface area contributed by atoms with Crippen molar-refractivity contribution in [3.8, 4) is 23.1 Å². The maximum atomic E-state index is 11.5. The fourth-order valence-corrected chi connectivity index (χ4v) is 5.80. The predicted octanol–water partition coefficient (Wildman–Crippen LogP) is 8.59. The minimum Gasteiger partial charge on any atom is -0.493 e. The Balaban J connectivity index is 0.000000232. The third-order valence-corrected chi connectivity index (χ3v) is 8.24. The Morgan fingerprint density at radius 3 is 1.28 bits per heavy atom. The smallest absolute Gasteiger partial charge is 0.337 e. The molecule has 0 saturated heterocycles. The molecule has 0 amide bonds. The van der Waals surface area contributed by atoms with Gasteiger partial charge in [0.05, 0.1) is 56.4 Å².